The van der Waals surface area contributed by atoms with Crippen LogP contribution in [0.3, 0.4) is 0 Å². The molecule has 0 aliphatic heterocycles. The fourth-order valence-electron chi connectivity index (χ4n) is 1.95. The van der Waals surface area contributed by atoms with E-state index in [1.54, 1.807) is 25.3 Å². The van der Waals surface area contributed by atoms with Crippen molar-refractivity contribution in [2.24, 2.45) is 5.73 Å². The highest BCUT2D eigenvalue weighted by atomic mass is 19.1. The minimum Gasteiger partial charge on any atom is -0.497 e. The number of methoxy groups -OCH3 is 1. The topological polar surface area (TPSA) is 44.5 Å². The molecule has 0 unspecified atom stereocenters. The van der Waals surface area contributed by atoms with Gasteiger partial charge in [0.05, 0.1) is 7.11 Å². The standard InChI is InChI=1S/C16H18FNO2/c1-19-14-6-7-16(12(10-14)8-9-18)20-11-13-4-2-3-5-15(13)17/h2-7,10H,8-9,11,18H2,1H3. The van der Waals surface area contributed by atoms with Gasteiger partial charge in [0.2, 0.25) is 0 Å². The van der Waals surface area contributed by atoms with Gasteiger partial charge in [0, 0.05) is 5.56 Å². The fourth-order valence-corrected chi connectivity index (χ4v) is 1.95. The molecule has 2 aromatic carbocycles. The first-order chi connectivity index (χ1) is 9.74. The largest absolute Gasteiger partial charge is 0.497 e. The van der Waals surface area contributed by atoms with Gasteiger partial charge < -0.3 is 15.2 Å². The van der Waals surface area contributed by atoms with E-state index in [1.807, 2.05) is 18.2 Å². The van der Waals surface area contributed by atoms with Gasteiger partial charge >= 0.3 is 0 Å². The van der Waals surface area contributed by atoms with Gasteiger partial charge in [-0.2, -0.15) is 0 Å². The molecule has 20 heavy (non-hydrogen) atoms. The molecule has 0 spiro atoms. The predicted octanol–water partition coefficient (Wildman–Crippen LogP) is 2.91. The molecule has 4 heteroatoms. The Morgan fingerprint density at radius 1 is 1.10 bits per heavy atom. The van der Waals surface area contributed by atoms with Crippen LogP contribution in [0.5, 0.6) is 11.5 Å². The van der Waals surface area contributed by atoms with Crippen molar-refractivity contribution < 1.29 is 13.9 Å². The van der Waals surface area contributed by atoms with Crippen LogP contribution in [0.4, 0.5) is 4.39 Å². The summed E-state index contributed by atoms with van der Waals surface area (Å²) >= 11 is 0. The molecule has 0 saturated heterocycles. The summed E-state index contributed by atoms with van der Waals surface area (Å²) in [5, 5.41) is 0. The zero-order chi connectivity index (χ0) is 14.4. The van der Waals surface area contributed by atoms with E-state index in [0.29, 0.717) is 24.3 Å². The van der Waals surface area contributed by atoms with Gasteiger partial charge in [0.1, 0.15) is 23.9 Å². The summed E-state index contributed by atoms with van der Waals surface area (Å²) in [5.41, 5.74) is 7.09. The van der Waals surface area contributed by atoms with E-state index in [0.717, 1.165) is 11.3 Å². The maximum absolute atomic E-state index is 13.5. The van der Waals surface area contributed by atoms with Crippen molar-refractivity contribution in [3.63, 3.8) is 0 Å². The Morgan fingerprint density at radius 2 is 1.90 bits per heavy atom. The Balaban J connectivity index is 2.14. The van der Waals surface area contributed by atoms with Crippen LogP contribution in [-0.2, 0) is 13.0 Å². The average Bonchev–Trinajstić information content (AvgIpc) is 2.47. The number of halogens is 1. The molecule has 0 aliphatic carbocycles. The molecule has 0 amide bonds. The van der Waals surface area contributed by atoms with E-state index in [1.165, 1.54) is 6.07 Å². The number of hydrogen-bond donors (Lipinski definition) is 1. The highest BCUT2D eigenvalue weighted by Crippen LogP contribution is 2.25. The quantitative estimate of drug-likeness (QED) is 0.881. The predicted molar refractivity (Wildman–Crippen MR) is 76.5 cm³/mol. The lowest BCUT2D eigenvalue weighted by molar-refractivity contribution is 0.296. The summed E-state index contributed by atoms with van der Waals surface area (Å²) in [5.74, 6) is 1.20. The first-order valence-corrected chi connectivity index (χ1v) is 6.47. The van der Waals surface area contributed by atoms with Crippen LogP contribution in [-0.4, -0.2) is 13.7 Å². The summed E-state index contributed by atoms with van der Waals surface area (Å²) in [6.45, 7) is 0.708. The molecular weight excluding hydrogens is 257 g/mol. The Bertz CT molecular complexity index is 572. The van der Waals surface area contributed by atoms with Crippen LogP contribution >= 0.6 is 0 Å². The summed E-state index contributed by atoms with van der Waals surface area (Å²) in [6, 6.07) is 12.1. The molecule has 0 aromatic heterocycles. The lowest BCUT2D eigenvalue weighted by Gasteiger charge is -2.13. The molecule has 3 nitrogen and oxygen atoms in total. The van der Waals surface area contributed by atoms with Crippen LogP contribution in [0, 0.1) is 5.82 Å². The molecule has 0 radical (unpaired) electrons. The third-order valence-electron chi connectivity index (χ3n) is 3.02. The third-order valence-corrected chi connectivity index (χ3v) is 3.02. The molecule has 106 valence electrons. The molecule has 0 heterocycles. The number of nitrogens with two attached hydrogens (primary N) is 1. The maximum atomic E-state index is 13.5. The summed E-state index contributed by atoms with van der Waals surface area (Å²) in [6.07, 6.45) is 0.684. The van der Waals surface area contributed by atoms with Crippen molar-refractivity contribution in [1.29, 1.82) is 0 Å². The van der Waals surface area contributed by atoms with Crippen LogP contribution in [0.1, 0.15) is 11.1 Å². The molecule has 0 aliphatic rings. The number of rotatable bonds is 6. The summed E-state index contributed by atoms with van der Waals surface area (Å²) in [4.78, 5) is 0. The average molecular weight is 275 g/mol. The van der Waals surface area contributed by atoms with Crippen molar-refractivity contribution in [1.82, 2.24) is 0 Å². The van der Waals surface area contributed by atoms with Gasteiger partial charge in [-0.05, 0) is 42.8 Å². The molecule has 2 N–H and O–H groups in total. The van der Waals surface area contributed by atoms with E-state index in [-0.39, 0.29) is 12.4 Å². The van der Waals surface area contributed by atoms with Gasteiger partial charge in [-0.3, -0.25) is 0 Å². The first-order valence-electron chi connectivity index (χ1n) is 6.47. The van der Waals surface area contributed by atoms with Crippen LogP contribution < -0.4 is 15.2 Å². The molecule has 2 aromatic rings. The van der Waals surface area contributed by atoms with E-state index in [2.05, 4.69) is 0 Å². The van der Waals surface area contributed by atoms with Gasteiger partial charge in [0.15, 0.2) is 0 Å². The van der Waals surface area contributed by atoms with Crippen LogP contribution in [0.25, 0.3) is 0 Å². The lowest BCUT2D eigenvalue weighted by Crippen LogP contribution is -2.06. The van der Waals surface area contributed by atoms with Crippen molar-refractivity contribution >= 4 is 0 Å². The fraction of sp³-hybridized carbons (Fsp3) is 0.250. The van der Waals surface area contributed by atoms with E-state index in [9.17, 15) is 4.39 Å². The van der Waals surface area contributed by atoms with Gasteiger partial charge in [-0.1, -0.05) is 18.2 Å². The van der Waals surface area contributed by atoms with E-state index >= 15 is 0 Å². The Hall–Kier alpha value is -2.07. The minimum atomic E-state index is -0.263. The highest BCUT2D eigenvalue weighted by molar-refractivity contribution is 5.40. The highest BCUT2D eigenvalue weighted by Gasteiger charge is 2.07. The monoisotopic (exact) mass is 275 g/mol. The Morgan fingerprint density at radius 3 is 2.60 bits per heavy atom. The van der Waals surface area contributed by atoms with Crippen molar-refractivity contribution in [3.8, 4) is 11.5 Å². The smallest absolute Gasteiger partial charge is 0.129 e. The molecule has 0 saturated carbocycles. The van der Waals surface area contributed by atoms with E-state index in [4.69, 9.17) is 15.2 Å². The number of benzene rings is 2. The summed E-state index contributed by atoms with van der Waals surface area (Å²) in [7, 11) is 1.61. The molecule has 0 fully saturated rings. The maximum Gasteiger partial charge on any atom is 0.129 e. The van der Waals surface area contributed by atoms with Gasteiger partial charge in [0.25, 0.3) is 0 Å². The summed E-state index contributed by atoms with van der Waals surface area (Å²) < 4.78 is 24.4. The van der Waals surface area contributed by atoms with Crippen LogP contribution in [0.15, 0.2) is 42.5 Å². The van der Waals surface area contributed by atoms with Gasteiger partial charge in [-0.25, -0.2) is 4.39 Å². The second-order valence-corrected chi connectivity index (χ2v) is 4.39. The number of ether oxygens (including phenoxy) is 2. The Labute approximate surface area is 118 Å². The second kappa shape index (κ2) is 6.91. The second-order valence-electron chi connectivity index (χ2n) is 4.39. The van der Waals surface area contributed by atoms with Gasteiger partial charge in [-0.15, -0.1) is 0 Å². The minimum absolute atomic E-state index is 0.191. The molecular formula is C16H18FNO2. The third kappa shape index (κ3) is 3.48. The SMILES string of the molecule is COc1ccc(OCc2ccccc2F)c(CCN)c1. The zero-order valence-electron chi connectivity index (χ0n) is 11.4. The van der Waals surface area contributed by atoms with Crippen LogP contribution in [0.2, 0.25) is 0 Å². The van der Waals surface area contributed by atoms with E-state index < -0.39 is 0 Å². The normalized spacial score (nSPS) is 10.3. The lowest BCUT2D eigenvalue weighted by atomic mass is 10.1. The molecule has 2 rings (SSSR count). The molecule has 0 bridgehead atoms. The zero-order valence-corrected chi connectivity index (χ0v) is 11.4. The van der Waals surface area contributed by atoms with Crippen molar-refractivity contribution in [3.05, 3.63) is 59.4 Å². The van der Waals surface area contributed by atoms with Crippen molar-refractivity contribution in [2.45, 2.75) is 13.0 Å². The molecule has 0 atom stereocenters. The number of hydrogen-bond acceptors (Lipinski definition) is 3. The van der Waals surface area contributed by atoms with Crippen molar-refractivity contribution in [2.75, 3.05) is 13.7 Å². The first kappa shape index (κ1) is 14.3. The Kier molecular flexibility index (Phi) is 4.96.